The topological polar surface area (TPSA) is 105 Å². The van der Waals surface area contributed by atoms with E-state index in [-0.39, 0.29) is 11.9 Å². The summed E-state index contributed by atoms with van der Waals surface area (Å²) in [4.78, 5) is 40.3. The van der Waals surface area contributed by atoms with Crippen LogP contribution in [0.15, 0.2) is 24.3 Å². The summed E-state index contributed by atoms with van der Waals surface area (Å²) in [7, 11) is 0. The molecule has 1 aromatic carbocycles. The minimum Gasteiger partial charge on any atom is -0.462 e. The molecule has 2 aromatic rings. The predicted molar refractivity (Wildman–Crippen MR) is 112 cm³/mol. The number of benzene rings is 1. The lowest BCUT2D eigenvalue weighted by atomic mass is 10.1. The summed E-state index contributed by atoms with van der Waals surface area (Å²) in [6.07, 6.45) is 0. The predicted octanol–water partition coefficient (Wildman–Crippen LogP) is 1.78. The van der Waals surface area contributed by atoms with Gasteiger partial charge in [-0.2, -0.15) is 0 Å². The molecule has 0 spiro atoms. The molecular weight excluding hydrogens is 392 g/mol. The van der Waals surface area contributed by atoms with Crippen LogP contribution < -0.4 is 11.1 Å². The fraction of sp³-hybridized carbons (Fsp3) is 0.450. The molecule has 1 unspecified atom stereocenters. The number of hydrogen-bond acceptors (Lipinski definition) is 7. The SMILES string of the molecule is CCOC(=O)c1sc2ccccc2c1CN1CCN(C(C)C(=O)NC(N)=O)CC1. The molecule has 0 bridgehead atoms. The van der Waals surface area contributed by atoms with Gasteiger partial charge in [-0.25, -0.2) is 9.59 Å². The molecule has 9 heteroatoms. The molecule has 3 amide bonds. The highest BCUT2D eigenvalue weighted by atomic mass is 32.1. The summed E-state index contributed by atoms with van der Waals surface area (Å²) in [6.45, 7) is 7.43. The number of nitrogens with zero attached hydrogens (tertiary/aromatic N) is 2. The van der Waals surface area contributed by atoms with Crippen molar-refractivity contribution in [2.75, 3.05) is 32.8 Å². The van der Waals surface area contributed by atoms with Gasteiger partial charge in [-0.3, -0.25) is 19.9 Å². The number of nitrogens with one attached hydrogen (secondary N) is 1. The van der Waals surface area contributed by atoms with Crippen LogP contribution in [0, 0.1) is 0 Å². The maximum Gasteiger partial charge on any atom is 0.348 e. The first-order valence-electron chi connectivity index (χ1n) is 9.65. The first-order valence-corrected chi connectivity index (χ1v) is 10.5. The Labute approximate surface area is 173 Å². The van der Waals surface area contributed by atoms with Gasteiger partial charge in [-0.15, -0.1) is 11.3 Å². The second kappa shape index (κ2) is 9.34. The van der Waals surface area contributed by atoms with Gasteiger partial charge >= 0.3 is 12.0 Å². The van der Waals surface area contributed by atoms with Gasteiger partial charge < -0.3 is 10.5 Å². The number of piperazine rings is 1. The average molecular weight is 419 g/mol. The highest BCUT2D eigenvalue weighted by Crippen LogP contribution is 2.33. The molecule has 8 nitrogen and oxygen atoms in total. The van der Waals surface area contributed by atoms with Crippen LogP contribution in [0.5, 0.6) is 0 Å². The molecule has 0 aliphatic carbocycles. The lowest BCUT2D eigenvalue weighted by Crippen LogP contribution is -2.54. The third-order valence-corrected chi connectivity index (χ3v) is 6.31. The van der Waals surface area contributed by atoms with Gasteiger partial charge in [0.25, 0.3) is 0 Å². The van der Waals surface area contributed by atoms with Crippen molar-refractivity contribution < 1.29 is 19.1 Å². The summed E-state index contributed by atoms with van der Waals surface area (Å²) in [5.41, 5.74) is 6.03. The number of hydrogen-bond donors (Lipinski definition) is 2. The number of primary amides is 1. The van der Waals surface area contributed by atoms with Gasteiger partial charge in [-0.1, -0.05) is 18.2 Å². The van der Waals surface area contributed by atoms with E-state index in [2.05, 4.69) is 10.2 Å². The largest absolute Gasteiger partial charge is 0.462 e. The van der Waals surface area contributed by atoms with Crippen molar-refractivity contribution in [3.05, 3.63) is 34.7 Å². The van der Waals surface area contributed by atoms with E-state index in [4.69, 9.17) is 10.5 Å². The summed E-state index contributed by atoms with van der Waals surface area (Å²) in [5, 5.41) is 3.21. The number of carbonyl (C=O) groups is 3. The minimum atomic E-state index is -0.837. The Kier molecular flexibility index (Phi) is 6.83. The number of ether oxygens (including phenoxy) is 1. The maximum absolute atomic E-state index is 12.5. The number of esters is 1. The first kappa shape index (κ1) is 21.2. The molecule has 3 rings (SSSR count). The molecule has 0 saturated carbocycles. The molecule has 1 aliphatic rings. The van der Waals surface area contributed by atoms with Gasteiger partial charge in [0.05, 0.1) is 12.6 Å². The van der Waals surface area contributed by atoms with E-state index in [0.29, 0.717) is 31.1 Å². The Hall–Kier alpha value is -2.49. The molecular formula is C20H26N4O4S. The molecule has 1 saturated heterocycles. The normalized spacial score (nSPS) is 16.5. The van der Waals surface area contributed by atoms with Gasteiger partial charge in [0, 0.05) is 37.4 Å². The molecule has 0 radical (unpaired) electrons. The van der Waals surface area contributed by atoms with Crippen molar-refractivity contribution >= 4 is 39.3 Å². The number of carbonyl (C=O) groups excluding carboxylic acids is 3. The van der Waals surface area contributed by atoms with Crippen molar-refractivity contribution in [1.29, 1.82) is 0 Å². The fourth-order valence-corrected chi connectivity index (χ4v) is 4.65. The van der Waals surface area contributed by atoms with Crippen molar-refractivity contribution in [1.82, 2.24) is 15.1 Å². The van der Waals surface area contributed by atoms with Crippen molar-refractivity contribution in [2.24, 2.45) is 5.73 Å². The quantitative estimate of drug-likeness (QED) is 0.693. The molecule has 1 fully saturated rings. The standard InChI is InChI=1S/C20H26N4O4S/c1-3-28-19(26)17-15(14-6-4-5-7-16(14)29-17)12-23-8-10-24(11-9-23)13(2)18(25)22-20(21)27/h4-7,13H,3,8-12H2,1-2H3,(H3,21,22,25,27). The van der Waals surface area contributed by atoms with Crippen LogP contribution in [0.25, 0.3) is 10.1 Å². The van der Waals surface area contributed by atoms with Gasteiger partial charge in [0.2, 0.25) is 5.91 Å². The smallest absolute Gasteiger partial charge is 0.348 e. The Balaban J connectivity index is 1.69. The molecule has 2 heterocycles. The van der Waals surface area contributed by atoms with Crippen LogP contribution in [0.1, 0.15) is 29.1 Å². The van der Waals surface area contributed by atoms with Crippen LogP contribution >= 0.6 is 11.3 Å². The van der Waals surface area contributed by atoms with Crippen molar-refractivity contribution in [3.63, 3.8) is 0 Å². The highest BCUT2D eigenvalue weighted by molar-refractivity contribution is 7.21. The summed E-state index contributed by atoms with van der Waals surface area (Å²) in [5.74, 6) is -0.668. The van der Waals surface area contributed by atoms with E-state index in [1.807, 2.05) is 29.2 Å². The van der Waals surface area contributed by atoms with Gasteiger partial charge in [0.1, 0.15) is 4.88 Å². The minimum absolute atomic E-state index is 0.279. The van der Waals surface area contributed by atoms with E-state index in [0.717, 1.165) is 28.7 Å². The zero-order valence-corrected chi connectivity index (χ0v) is 17.5. The summed E-state index contributed by atoms with van der Waals surface area (Å²) >= 11 is 1.47. The number of amides is 3. The second-order valence-electron chi connectivity index (χ2n) is 6.97. The molecule has 1 aliphatic heterocycles. The van der Waals surface area contributed by atoms with Crippen LogP contribution in [0.2, 0.25) is 0 Å². The number of imide groups is 1. The van der Waals surface area contributed by atoms with Crippen molar-refractivity contribution in [2.45, 2.75) is 26.4 Å². The average Bonchev–Trinajstić information content (AvgIpc) is 3.06. The zero-order chi connectivity index (χ0) is 21.0. The Morgan fingerprint density at radius 2 is 1.90 bits per heavy atom. The third-order valence-electron chi connectivity index (χ3n) is 5.12. The number of urea groups is 1. The lowest BCUT2D eigenvalue weighted by Gasteiger charge is -2.37. The van der Waals surface area contributed by atoms with Gasteiger partial charge in [0.15, 0.2) is 0 Å². The third kappa shape index (κ3) is 4.92. The summed E-state index contributed by atoms with van der Waals surface area (Å²) in [6, 6.07) is 6.73. The summed E-state index contributed by atoms with van der Waals surface area (Å²) < 4.78 is 6.33. The second-order valence-corrected chi connectivity index (χ2v) is 8.02. The van der Waals surface area contributed by atoms with Crippen LogP contribution in [-0.2, 0) is 16.1 Å². The molecule has 29 heavy (non-hydrogen) atoms. The van der Waals surface area contributed by atoms with Crippen molar-refractivity contribution in [3.8, 4) is 0 Å². The van der Waals surface area contributed by atoms with Crippen LogP contribution in [0.4, 0.5) is 4.79 Å². The molecule has 1 aromatic heterocycles. The van der Waals surface area contributed by atoms with E-state index >= 15 is 0 Å². The fourth-order valence-electron chi connectivity index (χ4n) is 3.54. The van der Waals surface area contributed by atoms with E-state index in [1.54, 1.807) is 13.8 Å². The molecule has 156 valence electrons. The number of fused-ring (bicyclic) bond motifs is 1. The molecule has 3 N–H and O–H groups in total. The molecule has 1 atom stereocenters. The highest BCUT2D eigenvalue weighted by Gasteiger charge is 2.28. The Morgan fingerprint density at radius 1 is 1.21 bits per heavy atom. The van der Waals surface area contributed by atoms with Crippen LogP contribution in [-0.4, -0.2) is 66.5 Å². The first-order chi connectivity index (χ1) is 13.9. The number of thiophene rings is 1. The van der Waals surface area contributed by atoms with E-state index < -0.39 is 12.1 Å². The zero-order valence-electron chi connectivity index (χ0n) is 16.6. The Morgan fingerprint density at radius 3 is 2.55 bits per heavy atom. The Bertz CT molecular complexity index is 905. The monoisotopic (exact) mass is 418 g/mol. The van der Waals surface area contributed by atoms with E-state index in [9.17, 15) is 14.4 Å². The van der Waals surface area contributed by atoms with E-state index in [1.165, 1.54) is 11.3 Å². The lowest BCUT2D eigenvalue weighted by molar-refractivity contribution is -0.125. The number of rotatable bonds is 6. The van der Waals surface area contributed by atoms with Gasteiger partial charge in [-0.05, 0) is 30.9 Å². The number of nitrogens with two attached hydrogens (primary N) is 1. The van der Waals surface area contributed by atoms with Crippen LogP contribution in [0.3, 0.4) is 0 Å². The maximum atomic E-state index is 12.5.